The van der Waals surface area contributed by atoms with Gasteiger partial charge < -0.3 is 4.74 Å². The van der Waals surface area contributed by atoms with Crippen LogP contribution in [0.2, 0.25) is 0 Å². The van der Waals surface area contributed by atoms with E-state index in [1.165, 1.54) is 6.33 Å². The maximum absolute atomic E-state index is 11.4. The van der Waals surface area contributed by atoms with Crippen molar-refractivity contribution in [3.8, 4) is 0 Å². The summed E-state index contributed by atoms with van der Waals surface area (Å²) < 4.78 is 6.75. The van der Waals surface area contributed by atoms with Crippen LogP contribution < -0.4 is 5.32 Å². The Morgan fingerprint density at radius 3 is 3.00 bits per heavy atom. The van der Waals surface area contributed by atoms with Crippen LogP contribution in [-0.2, 0) is 22.6 Å². The van der Waals surface area contributed by atoms with Crippen LogP contribution in [0.1, 0.15) is 33.0 Å². The molecule has 6 heteroatoms. The smallest absolute Gasteiger partial charge is 0.322 e. The Labute approximate surface area is 101 Å². The van der Waals surface area contributed by atoms with Gasteiger partial charge in [-0.2, -0.15) is 5.10 Å². The van der Waals surface area contributed by atoms with Crippen LogP contribution in [0, 0.1) is 0 Å². The van der Waals surface area contributed by atoms with Crippen molar-refractivity contribution in [3.63, 3.8) is 0 Å². The van der Waals surface area contributed by atoms with Crippen LogP contribution in [0.3, 0.4) is 0 Å². The van der Waals surface area contributed by atoms with Crippen molar-refractivity contribution >= 4 is 5.97 Å². The predicted octanol–water partition coefficient (Wildman–Crippen LogP) is 0.729. The van der Waals surface area contributed by atoms with Gasteiger partial charge in [-0.25, -0.2) is 9.67 Å². The summed E-state index contributed by atoms with van der Waals surface area (Å²) >= 11 is 0. The molecular weight excluding hydrogens is 220 g/mol. The first-order valence-electron chi connectivity index (χ1n) is 5.95. The molecule has 17 heavy (non-hydrogen) atoms. The zero-order chi connectivity index (χ0) is 12.7. The van der Waals surface area contributed by atoms with Crippen molar-refractivity contribution in [1.29, 1.82) is 0 Å². The molecule has 0 saturated heterocycles. The Hall–Kier alpha value is -1.43. The number of ether oxygens (including phenoxy) is 1. The molecule has 0 aliphatic rings. The first kappa shape index (κ1) is 13.6. The fourth-order valence-electron chi connectivity index (χ4n) is 1.42. The van der Waals surface area contributed by atoms with E-state index in [1.54, 1.807) is 13.8 Å². The average Bonchev–Trinajstić information content (AvgIpc) is 2.74. The highest BCUT2D eigenvalue weighted by Crippen LogP contribution is 1.97. The van der Waals surface area contributed by atoms with Crippen molar-refractivity contribution in [2.45, 2.75) is 46.3 Å². The van der Waals surface area contributed by atoms with Gasteiger partial charge in [-0.15, -0.1) is 0 Å². The van der Waals surface area contributed by atoms with Crippen molar-refractivity contribution < 1.29 is 9.53 Å². The highest BCUT2D eigenvalue weighted by atomic mass is 16.5. The quantitative estimate of drug-likeness (QED) is 0.711. The molecular formula is C11H20N4O2. The first-order chi connectivity index (χ1) is 8.19. The summed E-state index contributed by atoms with van der Waals surface area (Å²) in [4.78, 5) is 15.5. The van der Waals surface area contributed by atoms with E-state index < -0.39 is 0 Å². The van der Waals surface area contributed by atoms with Crippen molar-refractivity contribution in [1.82, 2.24) is 20.1 Å². The van der Waals surface area contributed by atoms with Gasteiger partial charge in [0.05, 0.1) is 13.2 Å². The Morgan fingerprint density at radius 1 is 1.59 bits per heavy atom. The summed E-state index contributed by atoms with van der Waals surface area (Å²) in [6, 6.07) is -0.332. The molecule has 1 N–H and O–H groups in total. The number of nitrogens with one attached hydrogen (secondary N) is 1. The number of hydrogen-bond acceptors (Lipinski definition) is 5. The zero-order valence-electron chi connectivity index (χ0n) is 10.6. The third-order valence-electron chi connectivity index (χ3n) is 2.34. The number of hydrogen-bond donors (Lipinski definition) is 1. The molecule has 0 fully saturated rings. The molecule has 0 amide bonds. The number of aryl methyl sites for hydroxylation is 1. The fourth-order valence-corrected chi connectivity index (χ4v) is 1.42. The van der Waals surface area contributed by atoms with E-state index in [9.17, 15) is 4.79 Å². The number of aromatic nitrogens is 3. The summed E-state index contributed by atoms with van der Waals surface area (Å²) in [7, 11) is 0. The Bertz CT molecular complexity index is 351. The van der Waals surface area contributed by atoms with E-state index in [0.717, 1.165) is 18.8 Å². The maximum atomic E-state index is 11.4. The molecule has 0 saturated carbocycles. The van der Waals surface area contributed by atoms with Gasteiger partial charge in [0.1, 0.15) is 18.2 Å². The van der Waals surface area contributed by atoms with Gasteiger partial charge in [0.2, 0.25) is 0 Å². The number of carbonyl (C=O) groups excluding carboxylic acids is 1. The van der Waals surface area contributed by atoms with E-state index in [-0.39, 0.29) is 12.0 Å². The standard InChI is InChI=1S/C11H20N4O2/c1-4-6-15-10(13-8-14-15)7-12-9(3)11(16)17-5-2/h8-9,12H,4-7H2,1-3H3. The second kappa shape index (κ2) is 7.01. The van der Waals surface area contributed by atoms with E-state index >= 15 is 0 Å². The lowest BCUT2D eigenvalue weighted by molar-refractivity contribution is -0.145. The highest BCUT2D eigenvalue weighted by molar-refractivity contribution is 5.75. The van der Waals surface area contributed by atoms with E-state index in [4.69, 9.17) is 4.74 Å². The summed E-state index contributed by atoms with van der Waals surface area (Å²) in [5, 5.41) is 7.18. The van der Waals surface area contributed by atoms with Crippen LogP contribution in [0.15, 0.2) is 6.33 Å². The maximum Gasteiger partial charge on any atom is 0.322 e. The third kappa shape index (κ3) is 4.14. The van der Waals surface area contributed by atoms with Gasteiger partial charge in [0.15, 0.2) is 0 Å². The zero-order valence-corrected chi connectivity index (χ0v) is 10.6. The van der Waals surface area contributed by atoms with Crippen molar-refractivity contribution in [2.24, 2.45) is 0 Å². The molecule has 1 aromatic heterocycles. The van der Waals surface area contributed by atoms with Crippen LogP contribution in [0.25, 0.3) is 0 Å². The lowest BCUT2D eigenvalue weighted by atomic mass is 10.3. The second-order valence-electron chi connectivity index (χ2n) is 3.75. The Balaban J connectivity index is 2.44. The Kier molecular flexibility index (Phi) is 5.62. The van der Waals surface area contributed by atoms with Crippen molar-refractivity contribution in [3.05, 3.63) is 12.2 Å². The molecule has 0 aliphatic carbocycles. The third-order valence-corrected chi connectivity index (χ3v) is 2.34. The SMILES string of the molecule is CCCn1ncnc1CNC(C)C(=O)OCC. The number of nitrogens with zero attached hydrogens (tertiary/aromatic N) is 3. The van der Waals surface area contributed by atoms with E-state index in [1.807, 2.05) is 4.68 Å². The van der Waals surface area contributed by atoms with Gasteiger partial charge in [0.25, 0.3) is 0 Å². The molecule has 0 spiro atoms. The average molecular weight is 240 g/mol. The minimum atomic E-state index is -0.332. The number of esters is 1. The monoisotopic (exact) mass is 240 g/mol. The topological polar surface area (TPSA) is 69.0 Å². The lowest BCUT2D eigenvalue weighted by Gasteiger charge is -2.12. The molecule has 6 nitrogen and oxygen atoms in total. The van der Waals surface area contributed by atoms with Crippen molar-refractivity contribution in [2.75, 3.05) is 6.61 Å². The van der Waals surface area contributed by atoms with Gasteiger partial charge in [-0.05, 0) is 20.3 Å². The normalized spacial score (nSPS) is 12.4. The molecule has 0 aromatic carbocycles. The van der Waals surface area contributed by atoms with Crippen LogP contribution in [0.5, 0.6) is 0 Å². The van der Waals surface area contributed by atoms with Gasteiger partial charge in [0, 0.05) is 6.54 Å². The molecule has 0 bridgehead atoms. The molecule has 0 aliphatic heterocycles. The van der Waals surface area contributed by atoms with E-state index in [2.05, 4.69) is 22.3 Å². The fraction of sp³-hybridized carbons (Fsp3) is 0.727. The lowest BCUT2D eigenvalue weighted by Crippen LogP contribution is -2.35. The molecule has 96 valence electrons. The number of carbonyl (C=O) groups is 1. The summed E-state index contributed by atoms with van der Waals surface area (Å²) in [5.41, 5.74) is 0. The molecule has 1 aromatic rings. The number of rotatable bonds is 7. The van der Waals surface area contributed by atoms with Gasteiger partial charge in [-0.3, -0.25) is 10.1 Å². The highest BCUT2D eigenvalue weighted by Gasteiger charge is 2.14. The summed E-state index contributed by atoms with van der Waals surface area (Å²) in [6.45, 7) is 7.41. The second-order valence-corrected chi connectivity index (χ2v) is 3.75. The minimum Gasteiger partial charge on any atom is -0.465 e. The van der Waals surface area contributed by atoms with Gasteiger partial charge in [-0.1, -0.05) is 6.92 Å². The van der Waals surface area contributed by atoms with Crippen LogP contribution in [-0.4, -0.2) is 33.4 Å². The molecule has 1 heterocycles. The predicted molar refractivity (Wildman–Crippen MR) is 63.2 cm³/mol. The summed E-state index contributed by atoms with van der Waals surface area (Å²) in [5.74, 6) is 0.594. The van der Waals surface area contributed by atoms with Crippen LogP contribution >= 0.6 is 0 Å². The van der Waals surface area contributed by atoms with Gasteiger partial charge >= 0.3 is 5.97 Å². The molecule has 0 radical (unpaired) electrons. The minimum absolute atomic E-state index is 0.242. The molecule has 1 rings (SSSR count). The largest absolute Gasteiger partial charge is 0.465 e. The Morgan fingerprint density at radius 2 is 2.35 bits per heavy atom. The summed E-state index contributed by atoms with van der Waals surface area (Å²) in [6.07, 6.45) is 2.53. The molecule has 1 unspecified atom stereocenters. The molecule has 1 atom stereocenters. The first-order valence-corrected chi connectivity index (χ1v) is 5.95. The van der Waals surface area contributed by atoms with E-state index in [0.29, 0.717) is 13.2 Å². The van der Waals surface area contributed by atoms with Crippen LogP contribution in [0.4, 0.5) is 0 Å².